The van der Waals surface area contributed by atoms with Gasteiger partial charge in [0.1, 0.15) is 11.5 Å². The van der Waals surface area contributed by atoms with Gasteiger partial charge >= 0.3 is 0 Å². The molecular weight excluding hydrogens is 321 g/mol. The number of nitrogens with one attached hydrogen (secondary N) is 1. The Hall–Kier alpha value is -2.14. The molecule has 2 aromatic rings. The van der Waals surface area contributed by atoms with Gasteiger partial charge in [0.25, 0.3) is 0 Å². The van der Waals surface area contributed by atoms with Gasteiger partial charge in [0.2, 0.25) is 0 Å². The van der Waals surface area contributed by atoms with E-state index in [1.165, 1.54) is 23.4 Å². The van der Waals surface area contributed by atoms with E-state index in [1.807, 2.05) is 0 Å². The van der Waals surface area contributed by atoms with Gasteiger partial charge in [-0.1, -0.05) is 62.0 Å². The van der Waals surface area contributed by atoms with Crippen LogP contribution in [0.1, 0.15) is 37.3 Å². The smallest absolute Gasteiger partial charge is 0.182 e. The summed E-state index contributed by atoms with van der Waals surface area (Å²) in [7, 11) is 0. The molecule has 124 valence electrons. The first-order chi connectivity index (χ1) is 11.7. The van der Waals surface area contributed by atoms with Crippen LogP contribution in [0.15, 0.2) is 58.6 Å². The van der Waals surface area contributed by atoms with Crippen LogP contribution in [0, 0.1) is 5.82 Å². The molecule has 3 rings (SSSR count). The summed E-state index contributed by atoms with van der Waals surface area (Å²) in [5.41, 5.74) is 6.68. The Bertz CT molecular complexity index is 768. The topological polar surface area (TPSA) is 36.8 Å². The van der Waals surface area contributed by atoms with Gasteiger partial charge in [0.05, 0.1) is 5.71 Å². The number of rotatable bonds is 4. The van der Waals surface area contributed by atoms with Crippen molar-refractivity contribution < 1.29 is 4.39 Å². The number of halogens is 1. The number of aliphatic imine (C=N–C) groups is 1. The number of para-hydroxylation sites is 1. The molecule has 0 bridgehead atoms. The van der Waals surface area contributed by atoms with Crippen molar-refractivity contribution in [1.82, 2.24) is 5.43 Å². The molecule has 1 aliphatic heterocycles. The number of amidine groups is 1. The fraction of sp³-hybridized carbons (Fsp3) is 0.263. The molecule has 0 fully saturated rings. The van der Waals surface area contributed by atoms with Gasteiger partial charge in [0.15, 0.2) is 5.17 Å². The largest absolute Gasteiger partial charge is 0.255 e. The minimum Gasteiger partial charge on any atom is -0.255 e. The Labute approximate surface area is 146 Å². The van der Waals surface area contributed by atoms with E-state index in [0.717, 1.165) is 17.7 Å². The lowest BCUT2D eigenvalue weighted by atomic mass is 9.97. The molecule has 1 atom stereocenters. The van der Waals surface area contributed by atoms with Crippen LogP contribution in [0.5, 0.6) is 0 Å². The number of hydrogen-bond acceptors (Lipinski definition) is 3. The van der Waals surface area contributed by atoms with Crippen LogP contribution in [0.3, 0.4) is 0 Å². The second-order valence-corrected chi connectivity index (χ2v) is 6.72. The van der Waals surface area contributed by atoms with Crippen molar-refractivity contribution >= 4 is 28.3 Å². The van der Waals surface area contributed by atoms with Gasteiger partial charge in [-0.15, -0.1) is 0 Å². The van der Waals surface area contributed by atoms with E-state index in [2.05, 4.69) is 53.6 Å². The minimum absolute atomic E-state index is 0.323. The molecule has 0 amide bonds. The standard InChI is InChI=1S/C19H20FN3S/c1-3-13(2)14-8-10-15(11-9-14)18-12-24-19(23-22-18)21-17-7-5-4-6-16(17)20/h4-11,13H,3,12H2,1-2H3,(H,21,23)/t13-/m0/s1. The van der Waals surface area contributed by atoms with Crippen molar-refractivity contribution in [3.63, 3.8) is 0 Å². The highest BCUT2D eigenvalue weighted by Crippen LogP contribution is 2.22. The van der Waals surface area contributed by atoms with Gasteiger partial charge in [-0.3, -0.25) is 5.43 Å². The lowest BCUT2D eigenvalue weighted by molar-refractivity contribution is 0.630. The fourth-order valence-electron chi connectivity index (χ4n) is 2.41. The SMILES string of the molecule is CC[C@H](C)c1ccc(C2=NNC(=Nc3ccccc3F)SC2)cc1. The second kappa shape index (κ2) is 7.62. The summed E-state index contributed by atoms with van der Waals surface area (Å²) >= 11 is 1.53. The normalized spacial score (nSPS) is 17.3. The van der Waals surface area contributed by atoms with Crippen LogP contribution in [-0.2, 0) is 0 Å². The van der Waals surface area contributed by atoms with Gasteiger partial charge < -0.3 is 0 Å². The van der Waals surface area contributed by atoms with Gasteiger partial charge in [-0.25, -0.2) is 9.38 Å². The third-order valence-corrected chi connectivity index (χ3v) is 5.01. The summed E-state index contributed by atoms with van der Waals surface area (Å²) in [6.45, 7) is 4.43. The molecule has 0 spiro atoms. The van der Waals surface area contributed by atoms with Gasteiger partial charge in [-0.05, 0) is 35.6 Å². The van der Waals surface area contributed by atoms with Crippen LogP contribution < -0.4 is 5.43 Å². The molecule has 3 nitrogen and oxygen atoms in total. The van der Waals surface area contributed by atoms with Crippen molar-refractivity contribution in [3.8, 4) is 0 Å². The van der Waals surface area contributed by atoms with Crippen molar-refractivity contribution in [2.75, 3.05) is 5.75 Å². The maximum Gasteiger partial charge on any atom is 0.182 e. The predicted molar refractivity (Wildman–Crippen MR) is 101 cm³/mol. The molecule has 0 saturated heterocycles. The van der Waals surface area contributed by atoms with E-state index < -0.39 is 0 Å². The first kappa shape index (κ1) is 16.7. The third kappa shape index (κ3) is 3.85. The molecule has 5 heteroatoms. The summed E-state index contributed by atoms with van der Waals surface area (Å²) < 4.78 is 13.6. The molecule has 1 aliphatic rings. The van der Waals surface area contributed by atoms with Crippen molar-refractivity contribution in [2.45, 2.75) is 26.2 Å². The first-order valence-corrected chi connectivity index (χ1v) is 9.05. The number of nitrogens with zero attached hydrogens (tertiary/aromatic N) is 2. The third-order valence-electron chi connectivity index (χ3n) is 4.13. The molecule has 2 aromatic carbocycles. The molecule has 0 aliphatic carbocycles. The maximum absolute atomic E-state index is 13.6. The average Bonchev–Trinajstić information content (AvgIpc) is 2.64. The zero-order valence-corrected chi connectivity index (χ0v) is 14.6. The Morgan fingerprint density at radius 3 is 2.58 bits per heavy atom. The number of hydrogen-bond donors (Lipinski definition) is 1. The van der Waals surface area contributed by atoms with Gasteiger partial charge in [-0.2, -0.15) is 5.10 Å². The molecule has 0 unspecified atom stereocenters. The summed E-state index contributed by atoms with van der Waals surface area (Å²) in [5, 5.41) is 5.01. The second-order valence-electron chi connectivity index (χ2n) is 5.76. The van der Waals surface area contributed by atoms with Crippen molar-refractivity contribution in [3.05, 3.63) is 65.5 Å². The summed E-state index contributed by atoms with van der Waals surface area (Å²) in [5.74, 6) is 0.949. The Kier molecular flexibility index (Phi) is 5.30. The molecule has 1 heterocycles. The van der Waals surface area contributed by atoms with Crippen molar-refractivity contribution in [2.24, 2.45) is 10.1 Å². The highest BCUT2D eigenvalue weighted by molar-refractivity contribution is 8.14. The highest BCUT2D eigenvalue weighted by Gasteiger charge is 2.14. The van der Waals surface area contributed by atoms with Crippen LogP contribution in [0.4, 0.5) is 10.1 Å². The molecular formula is C19H20FN3S. The zero-order chi connectivity index (χ0) is 16.9. The van der Waals surface area contributed by atoms with Crippen molar-refractivity contribution in [1.29, 1.82) is 0 Å². The Balaban J connectivity index is 1.72. The summed E-state index contributed by atoms with van der Waals surface area (Å²) in [6, 6.07) is 15.0. The van der Waals surface area contributed by atoms with E-state index in [4.69, 9.17) is 0 Å². The molecule has 1 N–H and O–H groups in total. The first-order valence-electron chi connectivity index (χ1n) is 8.06. The van der Waals surface area contributed by atoms with Gasteiger partial charge in [0, 0.05) is 5.75 Å². The minimum atomic E-state index is -0.331. The molecule has 24 heavy (non-hydrogen) atoms. The molecule has 0 radical (unpaired) electrons. The quantitative estimate of drug-likeness (QED) is 0.843. The van der Waals surface area contributed by atoms with Crippen LogP contribution in [0.2, 0.25) is 0 Å². The summed E-state index contributed by atoms with van der Waals surface area (Å²) in [6.07, 6.45) is 1.13. The predicted octanol–water partition coefficient (Wildman–Crippen LogP) is 5.07. The lowest BCUT2D eigenvalue weighted by Crippen LogP contribution is -2.25. The molecule has 0 aromatic heterocycles. The number of hydrazone groups is 1. The Morgan fingerprint density at radius 1 is 1.21 bits per heavy atom. The number of benzene rings is 2. The zero-order valence-electron chi connectivity index (χ0n) is 13.8. The lowest BCUT2D eigenvalue weighted by Gasteiger charge is -2.16. The Morgan fingerprint density at radius 2 is 1.96 bits per heavy atom. The van der Waals surface area contributed by atoms with Crippen LogP contribution in [-0.4, -0.2) is 16.6 Å². The molecule has 0 saturated carbocycles. The summed E-state index contributed by atoms with van der Waals surface area (Å²) in [4.78, 5) is 4.28. The van der Waals surface area contributed by atoms with Crippen LogP contribution in [0.25, 0.3) is 0 Å². The maximum atomic E-state index is 13.6. The van der Waals surface area contributed by atoms with E-state index in [1.54, 1.807) is 18.2 Å². The van der Waals surface area contributed by atoms with E-state index >= 15 is 0 Å². The average molecular weight is 341 g/mol. The fourth-order valence-corrected chi connectivity index (χ4v) is 3.19. The van der Waals surface area contributed by atoms with E-state index in [9.17, 15) is 4.39 Å². The number of thioether (sulfide) groups is 1. The van der Waals surface area contributed by atoms with Crippen LogP contribution >= 0.6 is 11.8 Å². The van der Waals surface area contributed by atoms with E-state index in [-0.39, 0.29) is 5.82 Å². The monoisotopic (exact) mass is 341 g/mol. The highest BCUT2D eigenvalue weighted by atomic mass is 32.2. The van der Waals surface area contributed by atoms with E-state index in [0.29, 0.717) is 22.5 Å².